The Morgan fingerprint density at radius 2 is 1.59 bits per heavy atom. The van der Waals surface area contributed by atoms with Gasteiger partial charge in [-0.05, 0) is 37.1 Å². The molecule has 0 atom stereocenters. The van der Waals surface area contributed by atoms with Crippen LogP contribution in [-0.2, 0) is 0 Å². The van der Waals surface area contributed by atoms with E-state index in [0.29, 0.717) is 18.8 Å². The number of ether oxygens (including phenoxy) is 1. The van der Waals surface area contributed by atoms with E-state index >= 15 is 0 Å². The Hall–Kier alpha value is -2.83. The molecule has 7 heteroatoms. The molecule has 2 saturated heterocycles. The van der Waals surface area contributed by atoms with E-state index in [1.165, 1.54) is 12.8 Å². The minimum absolute atomic E-state index is 0.0372. The number of benzene rings is 1. The lowest BCUT2D eigenvalue weighted by atomic mass is 10.2. The fourth-order valence-corrected chi connectivity index (χ4v) is 3.66. The second-order valence-electron chi connectivity index (χ2n) is 6.93. The fourth-order valence-electron chi connectivity index (χ4n) is 3.66. The zero-order valence-corrected chi connectivity index (χ0v) is 15.7. The fraction of sp³-hybridized carbons (Fsp3) is 0.450. The Kier molecular flexibility index (Phi) is 5.09. The topological polar surface area (TPSA) is 61.8 Å². The van der Waals surface area contributed by atoms with Crippen molar-refractivity contribution in [1.82, 2.24) is 14.9 Å². The van der Waals surface area contributed by atoms with E-state index < -0.39 is 0 Å². The number of hydrogen-bond donors (Lipinski definition) is 0. The number of amides is 1. The predicted molar refractivity (Wildman–Crippen MR) is 105 cm³/mol. The first kappa shape index (κ1) is 17.6. The van der Waals surface area contributed by atoms with Gasteiger partial charge in [-0.25, -0.2) is 9.97 Å². The molecule has 27 heavy (non-hydrogen) atoms. The Morgan fingerprint density at radius 1 is 0.889 bits per heavy atom. The van der Waals surface area contributed by atoms with Crippen LogP contribution in [0.25, 0.3) is 0 Å². The molecule has 0 spiro atoms. The van der Waals surface area contributed by atoms with Crippen LogP contribution in [0.2, 0.25) is 0 Å². The summed E-state index contributed by atoms with van der Waals surface area (Å²) in [5, 5.41) is 0. The lowest BCUT2D eigenvalue weighted by Crippen LogP contribution is -2.49. The summed E-state index contributed by atoms with van der Waals surface area (Å²) < 4.78 is 5.21. The molecule has 0 bridgehead atoms. The van der Waals surface area contributed by atoms with Gasteiger partial charge in [0.15, 0.2) is 0 Å². The van der Waals surface area contributed by atoms with E-state index in [-0.39, 0.29) is 5.91 Å². The van der Waals surface area contributed by atoms with Gasteiger partial charge in [0.1, 0.15) is 17.3 Å². The van der Waals surface area contributed by atoms with E-state index in [1.807, 2.05) is 17.0 Å². The third-order valence-electron chi connectivity index (χ3n) is 5.29. The molecule has 0 radical (unpaired) electrons. The molecule has 4 rings (SSSR count). The van der Waals surface area contributed by atoms with Gasteiger partial charge in [0.25, 0.3) is 5.91 Å². The number of rotatable bonds is 4. The molecule has 1 aromatic carbocycles. The van der Waals surface area contributed by atoms with Crippen molar-refractivity contribution in [2.45, 2.75) is 12.8 Å². The maximum absolute atomic E-state index is 12.7. The maximum atomic E-state index is 12.7. The first-order valence-electron chi connectivity index (χ1n) is 9.50. The van der Waals surface area contributed by atoms with Crippen LogP contribution >= 0.6 is 0 Å². The van der Waals surface area contributed by atoms with Crippen LogP contribution in [0.5, 0.6) is 5.75 Å². The van der Waals surface area contributed by atoms with Crippen molar-refractivity contribution >= 4 is 17.4 Å². The van der Waals surface area contributed by atoms with E-state index in [1.54, 1.807) is 19.5 Å². The molecule has 3 heterocycles. The van der Waals surface area contributed by atoms with Crippen LogP contribution in [-0.4, -0.2) is 67.2 Å². The largest absolute Gasteiger partial charge is 0.497 e. The molecular weight excluding hydrogens is 342 g/mol. The van der Waals surface area contributed by atoms with E-state index in [9.17, 15) is 4.79 Å². The summed E-state index contributed by atoms with van der Waals surface area (Å²) in [7, 11) is 1.67. The Morgan fingerprint density at radius 3 is 2.19 bits per heavy atom. The minimum atomic E-state index is -0.0372. The highest BCUT2D eigenvalue weighted by atomic mass is 16.5. The molecule has 7 nitrogen and oxygen atoms in total. The second-order valence-corrected chi connectivity index (χ2v) is 6.93. The monoisotopic (exact) mass is 367 g/mol. The summed E-state index contributed by atoms with van der Waals surface area (Å²) in [4.78, 5) is 27.9. The van der Waals surface area contributed by atoms with Gasteiger partial charge in [0, 0.05) is 45.0 Å². The number of nitrogens with zero attached hydrogens (tertiary/aromatic N) is 5. The van der Waals surface area contributed by atoms with Crippen LogP contribution in [0.3, 0.4) is 0 Å². The van der Waals surface area contributed by atoms with E-state index in [0.717, 1.165) is 43.4 Å². The van der Waals surface area contributed by atoms with Crippen LogP contribution in [0, 0.1) is 0 Å². The number of piperazine rings is 1. The van der Waals surface area contributed by atoms with Crippen molar-refractivity contribution in [2.75, 3.05) is 56.2 Å². The van der Waals surface area contributed by atoms with Gasteiger partial charge in [-0.3, -0.25) is 4.79 Å². The van der Waals surface area contributed by atoms with Crippen molar-refractivity contribution in [3.8, 4) is 5.75 Å². The quantitative estimate of drug-likeness (QED) is 0.824. The first-order chi connectivity index (χ1) is 13.2. The third kappa shape index (κ3) is 3.82. The maximum Gasteiger partial charge on any atom is 0.274 e. The summed E-state index contributed by atoms with van der Waals surface area (Å²) in [5.41, 5.74) is 1.58. The van der Waals surface area contributed by atoms with Crippen LogP contribution in [0.1, 0.15) is 23.3 Å². The molecule has 1 aromatic heterocycles. The summed E-state index contributed by atoms with van der Waals surface area (Å²) >= 11 is 0. The molecule has 0 N–H and O–H groups in total. The summed E-state index contributed by atoms with van der Waals surface area (Å²) in [5.74, 6) is 1.68. The highest BCUT2D eigenvalue weighted by Crippen LogP contribution is 2.21. The van der Waals surface area contributed by atoms with Gasteiger partial charge in [-0.1, -0.05) is 0 Å². The standard InChI is InChI=1S/C20H25N5O2/c1-27-17-6-4-16(5-7-17)23-10-12-25(13-11-23)20(26)18-14-22-19(15-21-18)24-8-2-3-9-24/h4-7,14-15H,2-3,8-13H2,1H3. The SMILES string of the molecule is COc1ccc(N2CCN(C(=O)c3cnc(N4CCCC4)cn3)CC2)cc1. The average molecular weight is 367 g/mol. The number of methoxy groups -OCH3 is 1. The van der Waals surface area contributed by atoms with Crippen LogP contribution in [0.15, 0.2) is 36.7 Å². The normalized spacial score (nSPS) is 17.3. The minimum Gasteiger partial charge on any atom is -0.497 e. The molecule has 2 aliphatic rings. The van der Waals surface area contributed by atoms with E-state index in [4.69, 9.17) is 4.74 Å². The molecule has 2 fully saturated rings. The Bertz CT molecular complexity index is 764. The summed E-state index contributed by atoms with van der Waals surface area (Å²) in [6.45, 7) is 5.01. The van der Waals surface area contributed by atoms with Crippen LogP contribution < -0.4 is 14.5 Å². The van der Waals surface area contributed by atoms with Crippen molar-refractivity contribution < 1.29 is 9.53 Å². The van der Waals surface area contributed by atoms with Gasteiger partial charge in [0.05, 0.1) is 19.5 Å². The summed E-state index contributed by atoms with van der Waals surface area (Å²) in [6.07, 6.45) is 5.74. The molecule has 2 aromatic rings. The molecule has 142 valence electrons. The smallest absolute Gasteiger partial charge is 0.274 e. The number of carbonyl (C=O) groups is 1. The van der Waals surface area contributed by atoms with Gasteiger partial charge in [-0.2, -0.15) is 0 Å². The average Bonchev–Trinajstić information content (AvgIpc) is 3.28. The first-order valence-corrected chi connectivity index (χ1v) is 9.50. The van der Waals surface area contributed by atoms with Gasteiger partial charge in [-0.15, -0.1) is 0 Å². The zero-order valence-electron chi connectivity index (χ0n) is 15.7. The van der Waals surface area contributed by atoms with Crippen LogP contribution in [0.4, 0.5) is 11.5 Å². The lowest BCUT2D eigenvalue weighted by molar-refractivity contribution is 0.0740. The number of hydrogen-bond acceptors (Lipinski definition) is 6. The molecule has 2 aliphatic heterocycles. The van der Waals surface area contributed by atoms with Gasteiger partial charge < -0.3 is 19.4 Å². The molecule has 0 unspecified atom stereocenters. The molecule has 0 saturated carbocycles. The van der Waals surface area contributed by atoms with Crippen molar-refractivity contribution in [3.05, 3.63) is 42.4 Å². The number of carbonyl (C=O) groups excluding carboxylic acids is 1. The Labute approximate surface area is 159 Å². The van der Waals surface area contributed by atoms with Crippen molar-refractivity contribution in [3.63, 3.8) is 0 Å². The van der Waals surface area contributed by atoms with Crippen molar-refractivity contribution in [2.24, 2.45) is 0 Å². The lowest BCUT2D eigenvalue weighted by Gasteiger charge is -2.36. The second kappa shape index (κ2) is 7.82. The summed E-state index contributed by atoms with van der Waals surface area (Å²) in [6, 6.07) is 8.03. The molecule has 0 aliphatic carbocycles. The highest BCUT2D eigenvalue weighted by Gasteiger charge is 2.24. The predicted octanol–water partition coefficient (Wildman–Crippen LogP) is 2.05. The van der Waals surface area contributed by atoms with Crippen molar-refractivity contribution in [1.29, 1.82) is 0 Å². The van der Waals surface area contributed by atoms with E-state index in [2.05, 4.69) is 31.9 Å². The number of anilines is 2. The third-order valence-corrected chi connectivity index (χ3v) is 5.29. The molecule has 1 amide bonds. The van der Waals surface area contributed by atoms with Gasteiger partial charge in [0.2, 0.25) is 0 Å². The number of aromatic nitrogens is 2. The highest BCUT2D eigenvalue weighted by molar-refractivity contribution is 5.92. The molecular formula is C20H25N5O2. The Balaban J connectivity index is 1.35. The van der Waals surface area contributed by atoms with Gasteiger partial charge >= 0.3 is 0 Å². The zero-order chi connectivity index (χ0) is 18.6.